The van der Waals surface area contributed by atoms with Gasteiger partial charge in [-0.25, -0.2) is 0 Å². The Bertz CT molecular complexity index is 479. The molecule has 0 radical (unpaired) electrons. The van der Waals surface area contributed by atoms with Gasteiger partial charge in [-0.1, -0.05) is 52.8 Å². The molecule has 0 aliphatic heterocycles. The highest BCUT2D eigenvalue weighted by atomic mass is 32.2. The van der Waals surface area contributed by atoms with Crippen LogP contribution in [0.2, 0.25) is 0 Å². The average molecular weight is 356 g/mol. The number of thioether (sulfide) groups is 1. The summed E-state index contributed by atoms with van der Waals surface area (Å²) in [5, 5.41) is -0.0145. The van der Waals surface area contributed by atoms with E-state index in [0.29, 0.717) is 30.4 Å². The van der Waals surface area contributed by atoms with E-state index in [1.807, 2.05) is 0 Å². The van der Waals surface area contributed by atoms with Crippen molar-refractivity contribution in [3.8, 4) is 0 Å². The number of esters is 1. The Morgan fingerprint density at radius 2 is 2.04 bits per heavy atom. The molecule has 24 heavy (non-hydrogen) atoms. The van der Waals surface area contributed by atoms with Gasteiger partial charge >= 0.3 is 5.97 Å². The Kier molecular flexibility index (Phi) is 7.97. The van der Waals surface area contributed by atoms with Crippen LogP contribution in [-0.2, 0) is 14.3 Å². The predicted molar refractivity (Wildman–Crippen MR) is 102 cm³/mol. The Balaban J connectivity index is 3.25. The number of hydrogen-bond acceptors (Lipinski definition) is 5. The Morgan fingerprint density at radius 1 is 1.38 bits per heavy atom. The topological polar surface area (TPSA) is 55.7 Å². The number of carbonyl (C=O) groups excluding carboxylic acids is 2. The quantitative estimate of drug-likeness (QED) is 0.475. The summed E-state index contributed by atoms with van der Waals surface area (Å²) in [5.41, 5.74) is -1.32. The number of carbonyl (C=O) groups is 2. The van der Waals surface area contributed by atoms with E-state index in [0.717, 1.165) is 19.3 Å². The molecule has 0 heterocycles. The second kappa shape index (κ2) is 9.02. The van der Waals surface area contributed by atoms with Crippen LogP contribution in [0.3, 0.4) is 0 Å². The second-order valence-electron chi connectivity index (χ2n) is 7.00. The summed E-state index contributed by atoms with van der Waals surface area (Å²) in [7, 11) is 1.70. The van der Waals surface area contributed by atoms with Crippen LogP contribution in [0.1, 0.15) is 66.7 Å². The summed E-state index contributed by atoms with van der Waals surface area (Å²) in [6.45, 7) is 10.5. The molecule has 1 aliphatic rings. The molecular weight excluding hydrogens is 322 g/mol. The Labute approximate surface area is 151 Å². The van der Waals surface area contributed by atoms with E-state index in [1.54, 1.807) is 20.2 Å². The highest BCUT2D eigenvalue weighted by molar-refractivity contribution is 8.14. The lowest BCUT2D eigenvalue weighted by Crippen LogP contribution is -2.54. The molecule has 138 valence electrons. The van der Waals surface area contributed by atoms with Crippen LogP contribution < -0.4 is 0 Å². The molecule has 1 fully saturated rings. The van der Waals surface area contributed by atoms with Crippen molar-refractivity contribution in [1.82, 2.24) is 0 Å². The lowest BCUT2D eigenvalue weighted by atomic mass is 9.65. The van der Waals surface area contributed by atoms with Gasteiger partial charge in [0, 0.05) is 30.9 Å². The standard InChI is InChI=1S/C19H33NO3S/c1-7-14(4)15-10-11-19(18(15,5)9-3,23-16(21)8-2)17(22)24-13-12-20-6/h12,14-15H,7-11,13H2,1-6H3. The molecule has 1 aliphatic carbocycles. The largest absolute Gasteiger partial charge is 0.449 e. The lowest BCUT2D eigenvalue weighted by molar-refractivity contribution is -0.178. The minimum absolute atomic E-state index is 0.0145. The number of rotatable bonds is 8. The van der Waals surface area contributed by atoms with E-state index in [9.17, 15) is 9.59 Å². The SMILES string of the molecule is CCC(=O)OC1(C(=O)SCC=NC)CCC(C(C)CC)C1(C)CC. The van der Waals surface area contributed by atoms with Gasteiger partial charge in [-0.3, -0.25) is 14.6 Å². The van der Waals surface area contributed by atoms with E-state index in [4.69, 9.17) is 4.74 Å². The van der Waals surface area contributed by atoms with Gasteiger partial charge < -0.3 is 4.74 Å². The van der Waals surface area contributed by atoms with Crippen molar-refractivity contribution in [3.05, 3.63) is 0 Å². The Hall–Kier alpha value is -0.840. The maximum atomic E-state index is 13.1. The minimum Gasteiger partial charge on any atom is -0.449 e. The number of hydrogen-bond donors (Lipinski definition) is 0. The molecule has 0 saturated heterocycles. The third-order valence-electron chi connectivity index (χ3n) is 5.99. The number of aliphatic imine (C=N–C) groups is 1. The van der Waals surface area contributed by atoms with Gasteiger partial charge in [0.05, 0.1) is 0 Å². The zero-order valence-corrected chi connectivity index (χ0v) is 16.9. The first-order chi connectivity index (χ1) is 11.3. The minimum atomic E-state index is -1.00. The summed E-state index contributed by atoms with van der Waals surface area (Å²) in [6, 6.07) is 0. The molecule has 0 aromatic rings. The smallest absolute Gasteiger partial charge is 0.306 e. The van der Waals surface area contributed by atoms with E-state index in [1.165, 1.54) is 11.8 Å². The van der Waals surface area contributed by atoms with Gasteiger partial charge in [-0.15, -0.1) is 0 Å². The van der Waals surface area contributed by atoms with Crippen LogP contribution in [-0.4, -0.2) is 35.7 Å². The lowest BCUT2D eigenvalue weighted by Gasteiger charge is -2.45. The highest BCUT2D eigenvalue weighted by Gasteiger charge is 2.63. The first kappa shape index (κ1) is 21.2. The van der Waals surface area contributed by atoms with Gasteiger partial charge in [0.2, 0.25) is 5.12 Å². The van der Waals surface area contributed by atoms with E-state index >= 15 is 0 Å². The summed E-state index contributed by atoms with van der Waals surface area (Å²) < 4.78 is 5.92. The molecule has 4 unspecified atom stereocenters. The summed E-state index contributed by atoms with van der Waals surface area (Å²) in [5.74, 6) is 1.14. The van der Waals surface area contributed by atoms with Gasteiger partial charge in [-0.2, -0.15) is 0 Å². The van der Waals surface area contributed by atoms with Crippen molar-refractivity contribution in [2.45, 2.75) is 72.3 Å². The van der Waals surface area contributed by atoms with Gasteiger partial charge in [0.1, 0.15) is 0 Å². The second-order valence-corrected chi connectivity index (χ2v) is 7.99. The monoisotopic (exact) mass is 355 g/mol. The summed E-state index contributed by atoms with van der Waals surface area (Å²) in [6.07, 6.45) is 5.49. The van der Waals surface area contributed by atoms with Crippen molar-refractivity contribution >= 4 is 29.1 Å². The molecule has 4 nitrogen and oxygen atoms in total. The van der Waals surface area contributed by atoms with Crippen molar-refractivity contribution < 1.29 is 14.3 Å². The highest BCUT2D eigenvalue weighted by Crippen LogP contribution is 2.59. The normalized spacial score (nSPS) is 31.3. The van der Waals surface area contributed by atoms with E-state index in [2.05, 4.69) is 32.7 Å². The van der Waals surface area contributed by atoms with Crippen LogP contribution in [0.25, 0.3) is 0 Å². The maximum absolute atomic E-state index is 13.1. The van der Waals surface area contributed by atoms with Crippen molar-refractivity contribution in [2.75, 3.05) is 12.8 Å². The summed E-state index contributed by atoms with van der Waals surface area (Å²) in [4.78, 5) is 29.2. The predicted octanol–water partition coefficient (Wildman–Crippen LogP) is 4.51. The van der Waals surface area contributed by atoms with Gasteiger partial charge in [-0.05, 0) is 31.1 Å². The third kappa shape index (κ3) is 3.87. The molecule has 0 N–H and O–H groups in total. The van der Waals surface area contributed by atoms with Crippen LogP contribution in [0.5, 0.6) is 0 Å². The summed E-state index contributed by atoms with van der Waals surface area (Å²) >= 11 is 1.22. The molecule has 1 saturated carbocycles. The van der Waals surface area contributed by atoms with Gasteiger partial charge in [0.25, 0.3) is 0 Å². The first-order valence-electron chi connectivity index (χ1n) is 9.12. The molecule has 5 heteroatoms. The van der Waals surface area contributed by atoms with Crippen LogP contribution >= 0.6 is 11.8 Å². The molecular formula is C19H33NO3S. The van der Waals surface area contributed by atoms with Crippen molar-refractivity contribution in [2.24, 2.45) is 22.2 Å². The number of nitrogens with zero attached hydrogens (tertiary/aromatic N) is 1. The third-order valence-corrected chi connectivity index (χ3v) is 6.90. The van der Waals surface area contributed by atoms with Gasteiger partial charge in [0.15, 0.2) is 5.60 Å². The van der Waals surface area contributed by atoms with Crippen molar-refractivity contribution in [1.29, 1.82) is 0 Å². The molecule has 0 bridgehead atoms. The fourth-order valence-corrected chi connectivity index (χ4v) is 5.11. The van der Waals surface area contributed by atoms with Crippen LogP contribution in [0.15, 0.2) is 4.99 Å². The van der Waals surface area contributed by atoms with E-state index in [-0.39, 0.29) is 16.5 Å². The fourth-order valence-electron chi connectivity index (χ4n) is 4.12. The molecule has 0 aromatic carbocycles. The molecule has 1 rings (SSSR count). The molecule has 0 amide bonds. The molecule has 4 atom stereocenters. The fraction of sp³-hybridized carbons (Fsp3) is 0.842. The average Bonchev–Trinajstić information content (AvgIpc) is 2.88. The number of ether oxygens (including phenoxy) is 1. The molecule has 0 spiro atoms. The maximum Gasteiger partial charge on any atom is 0.306 e. The first-order valence-corrected chi connectivity index (χ1v) is 10.1. The zero-order chi connectivity index (χ0) is 18.4. The zero-order valence-electron chi connectivity index (χ0n) is 16.1. The van der Waals surface area contributed by atoms with E-state index < -0.39 is 5.60 Å². The Morgan fingerprint density at radius 3 is 2.54 bits per heavy atom. The van der Waals surface area contributed by atoms with Crippen LogP contribution in [0, 0.1) is 17.3 Å². The molecule has 0 aromatic heterocycles. The van der Waals surface area contributed by atoms with Crippen LogP contribution in [0.4, 0.5) is 0 Å². The van der Waals surface area contributed by atoms with Crippen molar-refractivity contribution in [3.63, 3.8) is 0 Å².